The molecular weight excluding hydrogens is 752 g/mol. The Bertz CT molecular complexity index is 1570. The molecule has 16 unspecified atom stereocenters. The smallest absolute Gasteiger partial charge is 0.303 e. The molecule has 5 aliphatic carbocycles. The fourth-order valence-electron chi connectivity index (χ4n) is 15.3. The molecule has 3 aliphatic heterocycles. The molecule has 5 saturated carbocycles. The average molecular weight is 825 g/mol. The van der Waals surface area contributed by atoms with Gasteiger partial charge in [-0.25, -0.2) is 0 Å². The quantitative estimate of drug-likeness (QED) is 0.145. The van der Waals surface area contributed by atoms with Crippen LogP contribution >= 0.6 is 0 Å². The van der Waals surface area contributed by atoms with Gasteiger partial charge in [-0.1, -0.05) is 48.5 Å². The Morgan fingerprint density at radius 1 is 0.776 bits per heavy atom. The van der Waals surface area contributed by atoms with E-state index in [2.05, 4.69) is 55.4 Å². The minimum atomic E-state index is -1.60. The molecule has 14 nitrogen and oxygen atoms in total. The van der Waals surface area contributed by atoms with Gasteiger partial charge in [0.25, 0.3) is 0 Å². The summed E-state index contributed by atoms with van der Waals surface area (Å²) in [5.41, 5.74) is -1.92. The zero-order valence-electron chi connectivity index (χ0n) is 36.0. The number of aliphatic hydroxyl groups is 7. The Labute approximate surface area is 343 Å². The standard InChI is InChI=1S/C44H72O14/c1-21(46)54-33-29(49)23(48)19-53-37(33)57-28-11-13-44-20-43(44)15-14-40(7)34(42(9)12-10-27(58-42)38(2,3)4)22(47)17-41(40,8)26(43)16-24(35(44)39(28,5)6)55-36-32(52)31(51)30(50)25(18-45)56-36/h22-37,45,47-52H,10-20H2,1-9H3/t22-,23?,24-,25?,26?,27?,28-,29?,30?,31?,32?,33?,34?,35?,36?,37?,40+,41-,42?,43?,44?/m0/s1. The summed E-state index contributed by atoms with van der Waals surface area (Å²) in [6, 6.07) is 0. The van der Waals surface area contributed by atoms with Crippen molar-refractivity contribution in [3.63, 3.8) is 0 Å². The van der Waals surface area contributed by atoms with E-state index in [0.717, 1.165) is 38.5 Å². The van der Waals surface area contributed by atoms with E-state index in [1.165, 1.54) is 6.92 Å². The molecule has 0 amide bonds. The van der Waals surface area contributed by atoms with Crippen LogP contribution in [0.2, 0.25) is 0 Å². The zero-order valence-corrected chi connectivity index (χ0v) is 36.0. The second-order valence-electron chi connectivity index (χ2n) is 22.4. The Morgan fingerprint density at radius 2 is 1.48 bits per heavy atom. The first-order chi connectivity index (χ1) is 26.9. The molecular formula is C44H72O14. The highest BCUT2D eigenvalue weighted by molar-refractivity contribution is 5.66. The first-order valence-electron chi connectivity index (χ1n) is 22.0. The van der Waals surface area contributed by atoms with Gasteiger partial charge in [-0.15, -0.1) is 0 Å². The van der Waals surface area contributed by atoms with E-state index >= 15 is 0 Å². The highest BCUT2D eigenvalue weighted by atomic mass is 16.7. The second-order valence-corrected chi connectivity index (χ2v) is 22.4. The maximum atomic E-state index is 12.3. The lowest BCUT2D eigenvalue weighted by Gasteiger charge is -2.65. The fraction of sp³-hybridized carbons (Fsp3) is 0.977. The molecule has 7 N–H and O–H groups in total. The maximum absolute atomic E-state index is 12.3. The van der Waals surface area contributed by atoms with Crippen LogP contribution in [-0.2, 0) is 33.2 Å². The van der Waals surface area contributed by atoms with Crippen molar-refractivity contribution in [1.29, 1.82) is 0 Å². The largest absolute Gasteiger partial charge is 0.454 e. The molecule has 3 saturated heterocycles. The van der Waals surface area contributed by atoms with E-state index in [1.807, 2.05) is 0 Å². The van der Waals surface area contributed by atoms with Gasteiger partial charge in [0.2, 0.25) is 0 Å². The van der Waals surface area contributed by atoms with Crippen LogP contribution in [-0.4, -0.2) is 140 Å². The predicted octanol–water partition coefficient (Wildman–Crippen LogP) is 2.57. The summed E-state index contributed by atoms with van der Waals surface area (Å²) in [5, 5.41) is 76.5. The van der Waals surface area contributed by atoms with Gasteiger partial charge in [-0.05, 0) is 109 Å². The van der Waals surface area contributed by atoms with Crippen molar-refractivity contribution in [2.24, 2.45) is 50.2 Å². The number of aliphatic hydroxyl groups excluding tert-OH is 7. The Hall–Kier alpha value is -1.01. The number of fused-ring (bicyclic) bond motifs is 2. The lowest BCUT2D eigenvalue weighted by Crippen LogP contribution is -2.65. The molecule has 0 aromatic heterocycles. The molecule has 8 aliphatic rings. The Balaban J connectivity index is 1.15. The van der Waals surface area contributed by atoms with E-state index in [1.54, 1.807) is 0 Å². The normalized spacial score (nSPS) is 56.1. The maximum Gasteiger partial charge on any atom is 0.303 e. The first kappa shape index (κ1) is 43.6. The van der Waals surface area contributed by atoms with Crippen LogP contribution in [0.1, 0.15) is 120 Å². The van der Waals surface area contributed by atoms with E-state index < -0.39 is 97.2 Å². The van der Waals surface area contributed by atoms with Gasteiger partial charge in [0, 0.05) is 12.8 Å². The molecule has 14 heteroatoms. The monoisotopic (exact) mass is 824 g/mol. The van der Waals surface area contributed by atoms with Gasteiger partial charge < -0.3 is 64.2 Å². The summed E-state index contributed by atoms with van der Waals surface area (Å²) in [6.45, 7) is 18.4. The third kappa shape index (κ3) is 6.18. The topological polar surface area (TPSA) is 214 Å². The van der Waals surface area contributed by atoms with E-state index in [0.29, 0.717) is 19.3 Å². The average Bonchev–Trinajstić information content (AvgIpc) is 3.50. The molecule has 0 aromatic carbocycles. The molecule has 0 aromatic rings. The van der Waals surface area contributed by atoms with Crippen LogP contribution < -0.4 is 0 Å². The van der Waals surface area contributed by atoms with Gasteiger partial charge >= 0.3 is 5.97 Å². The van der Waals surface area contributed by atoms with Crippen LogP contribution in [0.25, 0.3) is 0 Å². The van der Waals surface area contributed by atoms with Gasteiger partial charge in [-0.2, -0.15) is 0 Å². The minimum absolute atomic E-state index is 0.0171. The molecule has 332 valence electrons. The van der Waals surface area contributed by atoms with Crippen molar-refractivity contribution in [3.8, 4) is 0 Å². The van der Waals surface area contributed by atoms with Crippen molar-refractivity contribution in [3.05, 3.63) is 0 Å². The molecule has 3 heterocycles. The SMILES string of the molecule is CC(=O)OC1C(O[C@H]2CCC34CC35CC[C@]3(C)C(C6(C)CCC(C(C)(C)C)O6)[C@@H](O)C[C@@]3(C)C5C[C@H](OC3OC(CO)C(O)C(O)C3O)C4C2(C)C)OCC(O)C1O. The van der Waals surface area contributed by atoms with Crippen molar-refractivity contribution >= 4 is 5.97 Å². The van der Waals surface area contributed by atoms with E-state index in [-0.39, 0.29) is 57.5 Å². The van der Waals surface area contributed by atoms with E-state index in [4.69, 9.17) is 28.4 Å². The van der Waals surface area contributed by atoms with Crippen molar-refractivity contribution in [2.45, 2.75) is 205 Å². The van der Waals surface area contributed by atoms with Crippen LogP contribution in [0.3, 0.4) is 0 Å². The number of hydrogen-bond donors (Lipinski definition) is 7. The minimum Gasteiger partial charge on any atom is -0.454 e. The Morgan fingerprint density at radius 3 is 2.12 bits per heavy atom. The van der Waals surface area contributed by atoms with E-state index in [9.17, 15) is 40.5 Å². The number of rotatable bonds is 7. The van der Waals surface area contributed by atoms with Crippen molar-refractivity contribution in [1.82, 2.24) is 0 Å². The van der Waals surface area contributed by atoms with Crippen LogP contribution in [0.5, 0.6) is 0 Å². The van der Waals surface area contributed by atoms with Crippen LogP contribution in [0, 0.1) is 50.2 Å². The summed E-state index contributed by atoms with van der Waals surface area (Å²) in [6.07, 6.45) is -6.22. The van der Waals surface area contributed by atoms with Crippen molar-refractivity contribution in [2.75, 3.05) is 13.2 Å². The first-order valence-corrected chi connectivity index (χ1v) is 22.0. The molecule has 21 atom stereocenters. The molecule has 58 heavy (non-hydrogen) atoms. The lowest BCUT2D eigenvalue weighted by molar-refractivity contribution is -0.339. The lowest BCUT2D eigenvalue weighted by atomic mass is 9.41. The molecule has 0 bridgehead atoms. The number of hydrogen-bond acceptors (Lipinski definition) is 14. The summed E-state index contributed by atoms with van der Waals surface area (Å²) in [7, 11) is 0. The van der Waals surface area contributed by atoms with Gasteiger partial charge in [-0.3, -0.25) is 4.79 Å². The van der Waals surface area contributed by atoms with Gasteiger partial charge in [0.05, 0.1) is 43.2 Å². The third-order valence-electron chi connectivity index (χ3n) is 18.1. The molecule has 8 fully saturated rings. The molecule has 8 rings (SSSR count). The predicted molar refractivity (Wildman–Crippen MR) is 206 cm³/mol. The van der Waals surface area contributed by atoms with Crippen LogP contribution in [0.4, 0.5) is 0 Å². The molecule has 0 radical (unpaired) electrons. The summed E-state index contributed by atoms with van der Waals surface area (Å²) in [5.74, 6) is -0.732. The highest BCUT2D eigenvalue weighted by Crippen LogP contribution is 2.89. The van der Waals surface area contributed by atoms with Gasteiger partial charge in [0.15, 0.2) is 18.7 Å². The second kappa shape index (κ2) is 14.3. The third-order valence-corrected chi connectivity index (χ3v) is 18.1. The summed E-state index contributed by atoms with van der Waals surface area (Å²) in [4.78, 5) is 12.1. The van der Waals surface area contributed by atoms with Gasteiger partial charge in [0.1, 0.15) is 36.6 Å². The molecule has 2 spiro atoms. The fourth-order valence-corrected chi connectivity index (χ4v) is 15.3. The summed E-state index contributed by atoms with van der Waals surface area (Å²) < 4.78 is 38.1. The Kier molecular flexibility index (Phi) is 10.7. The number of carbonyl (C=O) groups is 1. The zero-order chi connectivity index (χ0) is 42.3. The highest BCUT2D eigenvalue weighted by Gasteiger charge is 2.85. The number of carbonyl (C=O) groups excluding carboxylic acids is 1. The van der Waals surface area contributed by atoms with Crippen LogP contribution in [0.15, 0.2) is 0 Å². The number of ether oxygens (including phenoxy) is 6. The summed E-state index contributed by atoms with van der Waals surface area (Å²) >= 11 is 0. The van der Waals surface area contributed by atoms with Crippen molar-refractivity contribution < 1.29 is 69.0 Å². The number of esters is 1.